The molecule has 142 valence electrons. The van der Waals surface area contributed by atoms with Gasteiger partial charge in [0.1, 0.15) is 12.1 Å². The van der Waals surface area contributed by atoms with E-state index in [2.05, 4.69) is 31.3 Å². The van der Waals surface area contributed by atoms with E-state index in [0.29, 0.717) is 18.4 Å². The Morgan fingerprint density at radius 2 is 2.11 bits per heavy atom. The molecule has 3 aromatic heterocycles. The van der Waals surface area contributed by atoms with Gasteiger partial charge in [0.05, 0.1) is 30.1 Å². The SMILES string of the molecule is COCc1cc(NC2CCCc3cn(C4CCCC4)nc32)n2ncnc2n1. The molecule has 0 radical (unpaired) electrons. The standard InChI is InChI=1S/C19H25N7O/c1-27-11-14-9-17(26-19(22-14)20-12-21-26)23-16-8-4-5-13-10-25(24-18(13)16)15-6-2-3-7-15/h9-10,12,15-16,23H,2-8,11H2,1H3. The Hall–Kier alpha value is -2.48. The van der Waals surface area contributed by atoms with Crippen LogP contribution in [0.5, 0.6) is 0 Å². The zero-order chi connectivity index (χ0) is 18.2. The summed E-state index contributed by atoms with van der Waals surface area (Å²) in [6.07, 6.45) is 12.3. The predicted octanol–water partition coefficient (Wildman–Crippen LogP) is 3.07. The molecular formula is C19H25N7O. The molecule has 1 saturated carbocycles. The number of rotatable bonds is 5. The fourth-order valence-corrected chi connectivity index (χ4v) is 4.42. The van der Waals surface area contributed by atoms with Crippen LogP contribution in [0.15, 0.2) is 18.6 Å². The third-order valence-corrected chi connectivity index (χ3v) is 5.73. The monoisotopic (exact) mass is 367 g/mol. The van der Waals surface area contributed by atoms with Gasteiger partial charge in [-0.3, -0.25) is 4.68 Å². The lowest BCUT2D eigenvalue weighted by Gasteiger charge is -2.23. The summed E-state index contributed by atoms with van der Waals surface area (Å²) in [5, 5.41) is 13.0. The quantitative estimate of drug-likeness (QED) is 0.746. The molecule has 1 atom stereocenters. The van der Waals surface area contributed by atoms with Crippen LogP contribution in [-0.2, 0) is 17.8 Å². The van der Waals surface area contributed by atoms with Gasteiger partial charge >= 0.3 is 0 Å². The summed E-state index contributed by atoms with van der Waals surface area (Å²) in [6, 6.07) is 2.75. The Kier molecular flexibility index (Phi) is 4.27. The molecule has 2 aliphatic carbocycles. The van der Waals surface area contributed by atoms with E-state index >= 15 is 0 Å². The van der Waals surface area contributed by atoms with Crippen LogP contribution in [0.3, 0.4) is 0 Å². The number of hydrogen-bond acceptors (Lipinski definition) is 6. The van der Waals surface area contributed by atoms with Crippen molar-refractivity contribution in [1.29, 1.82) is 0 Å². The average molecular weight is 367 g/mol. The van der Waals surface area contributed by atoms with Crippen molar-refractivity contribution in [3.8, 4) is 0 Å². The molecule has 5 rings (SSSR count). The second kappa shape index (κ2) is 6.92. The third-order valence-electron chi connectivity index (χ3n) is 5.73. The van der Waals surface area contributed by atoms with Gasteiger partial charge in [0.25, 0.3) is 5.78 Å². The minimum Gasteiger partial charge on any atom is -0.378 e. The molecule has 8 heteroatoms. The minimum atomic E-state index is 0.182. The first-order valence-corrected chi connectivity index (χ1v) is 9.85. The van der Waals surface area contributed by atoms with E-state index in [0.717, 1.165) is 30.8 Å². The van der Waals surface area contributed by atoms with Gasteiger partial charge in [-0.1, -0.05) is 12.8 Å². The Morgan fingerprint density at radius 1 is 1.22 bits per heavy atom. The fourth-order valence-electron chi connectivity index (χ4n) is 4.42. The van der Waals surface area contributed by atoms with E-state index < -0.39 is 0 Å². The van der Waals surface area contributed by atoms with Gasteiger partial charge in [-0.15, -0.1) is 0 Å². The predicted molar refractivity (Wildman–Crippen MR) is 101 cm³/mol. The van der Waals surface area contributed by atoms with Crippen molar-refractivity contribution in [2.45, 2.75) is 63.6 Å². The van der Waals surface area contributed by atoms with Gasteiger partial charge in [0, 0.05) is 19.4 Å². The molecule has 3 heterocycles. The van der Waals surface area contributed by atoms with Crippen LogP contribution in [0.1, 0.15) is 67.6 Å². The number of methoxy groups -OCH3 is 1. The second-order valence-corrected chi connectivity index (χ2v) is 7.58. The van der Waals surface area contributed by atoms with Crippen LogP contribution in [0, 0.1) is 0 Å². The average Bonchev–Trinajstić information content (AvgIpc) is 3.41. The lowest BCUT2D eigenvalue weighted by molar-refractivity contribution is 0.181. The molecule has 0 saturated heterocycles. The summed E-state index contributed by atoms with van der Waals surface area (Å²) in [5.74, 6) is 1.47. The Balaban J connectivity index is 1.47. The Labute approximate surface area is 158 Å². The van der Waals surface area contributed by atoms with Crippen molar-refractivity contribution >= 4 is 11.6 Å². The maximum Gasteiger partial charge on any atom is 0.254 e. The molecule has 0 aliphatic heterocycles. The Morgan fingerprint density at radius 3 is 2.96 bits per heavy atom. The van der Waals surface area contributed by atoms with Gasteiger partial charge in [0.2, 0.25) is 0 Å². The zero-order valence-corrected chi connectivity index (χ0v) is 15.6. The summed E-state index contributed by atoms with van der Waals surface area (Å²) in [4.78, 5) is 8.73. The van der Waals surface area contributed by atoms with Crippen LogP contribution < -0.4 is 5.32 Å². The van der Waals surface area contributed by atoms with Gasteiger partial charge in [-0.05, 0) is 37.7 Å². The summed E-state index contributed by atoms with van der Waals surface area (Å²) in [5.41, 5.74) is 3.41. The molecule has 27 heavy (non-hydrogen) atoms. The molecule has 0 aromatic carbocycles. The first kappa shape index (κ1) is 16.7. The third kappa shape index (κ3) is 3.07. The molecule has 0 amide bonds. The van der Waals surface area contributed by atoms with Crippen LogP contribution in [-0.4, -0.2) is 36.5 Å². The minimum absolute atomic E-state index is 0.182. The highest BCUT2D eigenvalue weighted by Gasteiger charge is 2.27. The van der Waals surface area contributed by atoms with Crippen molar-refractivity contribution in [2.75, 3.05) is 12.4 Å². The molecule has 1 N–H and O–H groups in total. The van der Waals surface area contributed by atoms with E-state index in [4.69, 9.17) is 9.84 Å². The first-order valence-electron chi connectivity index (χ1n) is 9.85. The zero-order valence-electron chi connectivity index (χ0n) is 15.6. The van der Waals surface area contributed by atoms with E-state index in [1.54, 1.807) is 11.6 Å². The number of ether oxygens (including phenoxy) is 1. The molecule has 1 fully saturated rings. The molecule has 8 nitrogen and oxygen atoms in total. The number of aryl methyl sites for hydroxylation is 1. The summed E-state index contributed by atoms with van der Waals surface area (Å²) in [7, 11) is 1.67. The number of anilines is 1. The van der Waals surface area contributed by atoms with Crippen LogP contribution in [0.4, 0.5) is 5.82 Å². The maximum absolute atomic E-state index is 5.25. The fraction of sp³-hybridized carbons (Fsp3) is 0.579. The molecular weight excluding hydrogens is 342 g/mol. The van der Waals surface area contributed by atoms with Crippen LogP contribution in [0.25, 0.3) is 5.78 Å². The van der Waals surface area contributed by atoms with Crippen molar-refractivity contribution < 1.29 is 4.74 Å². The molecule has 3 aromatic rings. The number of hydrogen-bond donors (Lipinski definition) is 1. The summed E-state index contributed by atoms with van der Waals surface area (Å²) >= 11 is 0. The number of nitrogens with one attached hydrogen (secondary N) is 1. The topological polar surface area (TPSA) is 82.2 Å². The molecule has 0 spiro atoms. The van der Waals surface area contributed by atoms with E-state index in [-0.39, 0.29) is 6.04 Å². The largest absolute Gasteiger partial charge is 0.378 e. The highest BCUT2D eigenvalue weighted by Crippen LogP contribution is 2.35. The van der Waals surface area contributed by atoms with Gasteiger partial charge in [-0.25, -0.2) is 4.98 Å². The van der Waals surface area contributed by atoms with Crippen molar-refractivity contribution in [3.05, 3.63) is 35.5 Å². The normalized spacial score (nSPS) is 20.3. The van der Waals surface area contributed by atoms with Crippen LogP contribution >= 0.6 is 0 Å². The number of nitrogens with zero attached hydrogens (tertiary/aromatic N) is 6. The van der Waals surface area contributed by atoms with E-state index in [9.17, 15) is 0 Å². The van der Waals surface area contributed by atoms with Crippen molar-refractivity contribution in [3.63, 3.8) is 0 Å². The summed E-state index contributed by atoms with van der Waals surface area (Å²) < 4.78 is 9.23. The maximum atomic E-state index is 5.25. The Bertz CT molecular complexity index is 941. The molecule has 0 bridgehead atoms. The smallest absolute Gasteiger partial charge is 0.254 e. The highest BCUT2D eigenvalue weighted by molar-refractivity contribution is 5.47. The van der Waals surface area contributed by atoms with Crippen LogP contribution in [0.2, 0.25) is 0 Å². The second-order valence-electron chi connectivity index (χ2n) is 7.58. The molecule has 2 aliphatic rings. The lowest BCUT2D eigenvalue weighted by atomic mass is 9.94. The van der Waals surface area contributed by atoms with Crippen molar-refractivity contribution in [2.24, 2.45) is 0 Å². The highest BCUT2D eigenvalue weighted by atomic mass is 16.5. The molecule has 1 unspecified atom stereocenters. The number of fused-ring (bicyclic) bond motifs is 2. The number of aromatic nitrogens is 6. The van der Waals surface area contributed by atoms with E-state index in [1.807, 2.05) is 6.07 Å². The van der Waals surface area contributed by atoms with Crippen molar-refractivity contribution in [1.82, 2.24) is 29.4 Å². The van der Waals surface area contributed by atoms with Gasteiger partial charge in [-0.2, -0.15) is 19.7 Å². The van der Waals surface area contributed by atoms with E-state index in [1.165, 1.54) is 43.3 Å². The summed E-state index contributed by atoms with van der Waals surface area (Å²) in [6.45, 7) is 0.449. The van der Waals surface area contributed by atoms with Gasteiger partial charge in [0.15, 0.2) is 0 Å². The van der Waals surface area contributed by atoms with Gasteiger partial charge < -0.3 is 10.1 Å². The first-order chi connectivity index (χ1) is 13.3. The lowest BCUT2D eigenvalue weighted by Crippen LogP contribution is -2.19.